The molecular formula is C36H42O3. The topological polar surface area (TPSA) is 27.7 Å². The van der Waals surface area contributed by atoms with Crippen molar-refractivity contribution in [3.63, 3.8) is 0 Å². The summed E-state index contributed by atoms with van der Waals surface area (Å²) < 4.78 is 18.6. The highest BCUT2D eigenvalue weighted by molar-refractivity contribution is 5.66. The Kier molecular flexibility index (Phi) is 8.70. The summed E-state index contributed by atoms with van der Waals surface area (Å²) in [5.74, 6) is 2.52. The van der Waals surface area contributed by atoms with Gasteiger partial charge in [-0.3, -0.25) is 0 Å². The SMILES string of the molecule is COc1c(Cc2cc(C)cc(C)c2)c(OC)c(Cc2cc(C)cc(C)c2)c(OC)c1Cc1cc(C)cc(C)c1. The zero-order valence-electron chi connectivity index (χ0n) is 25.0. The van der Waals surface area contributed by atoms with E-state index < -0.39 is 0 Å². The molecule has 4 rings (SSSR count). The molecule has 0 bridgehead atoms. The molecule has 0 aliphatic heterocycles. The number of methoxy groups -OCH3 is 3. The van der Waals surface area contributed by atoms with E-state index in [-0.39, 0.29) is 0 Å². The van der Waals surface area contributed by atoms with E-state index in [2.05, 4.69) is 96.1 Å². The summed E-state index contributed by atoms with van der Waals surface area (Å²) in [5.41, 5.74) is 14.4. The lowest BCUT2D eigenvalue weighted by atomic mass is 9.88. The van der Waals surface area contributed by atoms with Crippen LogP contribution in [-0.2, 0) is 19.3 Å². The van der Waals surface area contributed by atoms with Crippen molar-refractivity contribution in [2.45, 2.75) is 60.8 Å². The second kappa shape index (κ2) is 12.0. The predicted octanol–water partition coefficient (Wildman–Crippen LogP) is 8.34. The Labute approximate surface area is 234 Å². The van der Waals surface area contributed by atoms with Gasteiger partial charge in [-0.05, 0) is 58.2 Å². The van der Waals surface area contributed by atoms with Crippen molar-refractivity contribution < 1.29 is 14.2 Å². The zero-order valence-corrected chi connectivity index (χ0v) is 25.0. The summed E-state index contributed by atoms with van der Waals surface area (Å²) in [6.07, 6.45) is 2.12. The summed E-state index contributed by atoms with van der Waals surface area (Å²) in [6, 6.07) is 20.2. The number of hydrogen-bond acceptors (Lipinski definition) is 3. The van der Waals surface area contributed by atoms with Crippen LogP contribution in [0.5, 0.6) is 17.2 Å². The van der Waals surface area contributed by atoms with Crippen molar-refractivity contribution in [2.24, 2.45) is 0 Å². The van der Waals surface area contributed by atoms with Gasteiger partial charge in [0.15, 0.2) is 0 Å². The lowest BCUT2D eigenvalue weighted by Crippen LogP contribution is -2.10. The van der Waals surface area contributed by atoms with Crippen molar-refractivity contribution in [3.8, 4) is 17.2 Å². The fourth-order valence-corrected chi connectivity index (χ4v) is 6.20. The molecule has 0 fully saturated rings. The van der Waals surface area contributed by atoms with Crippen LogP contribution in [0.4, 0.5) is 0 Å². The Balaban J connectivity index is 2.00. The van der Waals surface area contributed by atoms with E-state index in [0.29, 0.717) is 19.3 Å². The largest absolute Gasteiger partial charge is 0.496 e. The van der Waals surface area contributed by atoms with Crippen LogP contribution in [0.15, 0.2) is 54.6 Å². The van der Waals surface area contributed by atoms with Crippen LogP contribution < -0.4 is 14.2 Å². The Morgan fingerprint density at radius 1 is 0.359 bits per heavy atom. The molecule has 0 aliphatic carbocycles. The minimum absolute atomic E-state index is 0.707. The molecule has 0 saturated carbocycles. The second-order valence-electron chi connectivity index (χ2n) is 11.1. The first kappa shape index (κ1) is 28.3. The molecule has 0 radical (unpaired) electrons. The Morgan fingerprint density at radius 3 is 0.744 bits per heavy atom. The van der Waals surface area contributed by atoms with Crippen LogP contribution in [0.3, 0.4) is 0 Å². The summed E-state index contributed by atoms with van der Waals surface area (Å²) in [4.78, 5) is 0. The van der Waals surface area contributed by atoms with Crippen molar-refractivity contribution in [1.82, 2.24) is 0 Å². The lowest BCUT2D eigenvalue weighted by Gasteiger charge is -2.25. The summed E-state index contributed by atoms with van der Waals surface area (Å²) in [7, 11) is 5.27. The predicted molar refractivity (Wildman–Crippen MR) is 162 cm³/mol. The van der Waals surface area contributed by atoms with Gasteiger partial charge >= 0.3 is 0 Å². The van der Waals surface area contributed by atoms with Gasteiger partial charge in [-0.1, -0.05) is 88.0 Å². The van der Waals surface area contributed by atoms with Crippen molar-refractivity contribution in [1.29, 1.82) is 0 Å². The smallest absolute Gasteiger partial charge is 0.133 e. The van der Waals surface area contributed by atoms with Crippen LogP contribution >= 0.6 is 0 Å². The van der Waals surface area contributed by atoms with Gasteiger partial charge in [0.05, 0.1) is 21.3 Å². The average molecular weight is 523 g/mol. The molecule has 3 nitrogen and oxygen atoms in total. The Bertz CT molecular complexity index is 1230. The molecule has 0 saturated heterocycles. The molecule has 3 heteroatoms. The average Bonchev–Trinajstić information content (AvgIpc) is 2.82. The first-order valence-corrected chi connectivity index (χ1v) is 13.7. The fraction of sp³-hybridized carbons (Fsp3) is 0.333. The normalized spacial score (nSPS) is 11.0. The van der Waals surface area contributed by atoms with Crippen LogP contribution in [0.2, 0.25) is 0 Å². The molecule has 0 aliphatic rings. The number of rotatable bonds is 9. The molecule has 0 N–H and O–H groups in total. The number of benzene rings is 4. The second-order valence-corrected chi connectivity index (χ2v) is 11.1. The monoisotopic (exact) mass is 522 g/mol. The maximum absolute atomic E-state index is 6.21. The molecule has 0 aromatic heterocycles. The minimum atomic E-state index is 0.707. The molecule has 204 valence electrons. The van der Waals surface area contributed by atoms with Crippen molar-refractivity contribution >= 4 is 0 Å². The Hall–Kier alpha value is -3.72. The van der Waals surface area contributed by atoms with E-state index in [4.69, 9.17) is 14.2 Å². The zero-order chi connectivity index (χ0) is 28.3. The molecule has 0 unspecified atom stereocenters. The highest BCUT2D eigenvalue weighted by atomic mass is 16.5. The molecule has 0 heterocycles. The van der Waals surface area contributed by atoms with Gasteiger partial charge in [-0.25, -0.2) is 0 Å². The maximum Gasteiger partial charge on any atom is 0.133 e. The summed E-state index contributed by atoms with van der Waals surface area (Å²) in [5, 5.41) is 0. The highest BCUT2D eigenvalue weighted by Gasteiger charge is 2.27. The van der Waals surface area contributed by atoms with E-state index in [9.17, 15) is 0 Å². The number of hydrogen-bond donors (Lipinski definition) is 0. The third-order valence-corrected chi connectivity index (χ3v) is 7.24. The van der Waals surface area contributed by atoms with E-state index in [0.717, 1.165) is 33.9 Å². The summed E-state index contributed by atoms with van der Waals surface area (Å²) >= 11 is 0. The minimum Gasteiger partial charge on any atom is -0.496 e. The maximum atomic E-state index is 6.21. The van der Waals surface area contributed by atoms with Gasteiger partial charge in [-0.15, -0.1) is 0 Å². The van der Waals surface area contributed by atoms with Gasteiger partial charge in [0, 0.05) is 36.0 Å². The molecule has 0 spiro atoms. The van der Waals surface area contributed by atoms with Gasteiger partial charge in [0.25, 0.3) is 0 Å². The molecule has 4 aromatic rings. The van der Waals surface area contributed by atoms with Gasteiger partial charge in [0.1, 0.15) is 17.2 Å². The van der Waals surface area contributed by atoms with Crippen LogP contribution in [-0.4, -0.2) is 21.3 Å². The van der Waals surface area contributed by atoms with Gasteiger partial charge in [-0.2, -0.15) is 0 Å². The number of aryl methyl sites for hydroxylation is 6. The molecule has 0 amide bonds. The van der Waals surface area contributed by atoms with Gasteiger partial charge in [0.2, 0.25) is 0 Å². The third-order valence-electron chi connectivity index (χ3n) is 7.24. The summed E-state index contributed by atoms with van der Waals surface area (Å²) in [6.45, 7) is 12.9. The van der Waals surface area contributed by atoms with Crippen molar-refractivity contribution in [2.75, 3.05) is 21.3 Å². The first-order chi connectivity index (χ1) is 18.6. The molecular weight excluding hydrogens is 480 g/mol. The van der Waals surface area contributed by atoms with E-state index in [1.54, 1.807) is 21.3 Å². The fourth-order valence-electron chi connectivity index (χ4n) is 6.20. The quantitative estimate of drug-likeness (QED) is 0.221. The Morgan fingerprint density at radius 2 is 0.564 bits per heavy atom. The van der Waals surface area contributed by atoms with Crippen LogP contribution in [0.25, 0.3) is 0 Å². The van der Waals surface area contributed by atoms with E-state index >= 15 is 0 Å². The third kappa shape index (κ3) is 6.47. The highest BCUT2D eigenvalue weighted by Crippen LogP contribution is 2.46. The molecule has 0 atom stereocenters. The standard InChI is InChI=1S/C36H42O3/c1-22-10-23(2)14-28(13-22)19-31-34(37-7)32(20-29-15-24(3)11-25(4)16-29)36(39-9)33(35(31)38-8)21-30-17-26(5)12-27(6)18-30/h10-18H,19-21H2,1-9H3. The number of ether oxygens (including phenoxy) is 3. The first-order valence-electron chi connectivity index (χ1n) is 13.7. The molecule has 39 heavy (non-hydrogen) atoms. The van der Waals surface area contributed by atoms with E-state index in [1.165, 1.54) is 50.1 Å². The van der Waals surface area contributed by atoms with Crippen LogP contribution in [0, 0.1) is 41.5 Å². The van der Waals surface area contributed by atoms with Crippen molar-refractivity contribution in [3.05, 3.63) is 121 Å². The van der Waals surface area contributed by atoms with Crippen LogP contribution in [0.1, 0.15) is 66.8 Å². The van der Waals surface area contributed by atoms with E-state index in [1.807, 2.05) is 0 Å². The van der Waals surface area contributed by atoms with Gasteiger partial charge < -0.3 is 14.2 Å². The molecule has 4 aromatic carbocycles. The lowest BCUT2D eigenvalue weighted by molar-refractivity contribution is 0.359.